The number of amides is 3. The third-order valence-electron chi connectivity index (χ3n) is 17.5. The van der Waals surface area contributed by atoms with Gasteiger partial charge in [-0.3, -0.25) is 34.4 Å². The number of carbonyl (C=O) groups is 5. The molecule has 1 aliphatic heterocycles. The number of nitrogen functional groups attached to an aromatic ring is 2. The Morgan fingerprint density at radius 3 is 1.72 bits per heavy atom. The Labute approximate surface area is 635 Å². The van der Waals surface area contributed by atoms with Crippen LogP contribution in [0.2, 0.25) is 0 Å². The molecule has 12 aromatic rings. The minimum Gasteiger partial charge on any atom is -0.508 e. The average molecular weight is 1480 g/mol. The van der Waals surface area contributed by atoms with E-state index in [0.29, 0.717) is 96.1 Å². The van der Waals surface area contributed by atoms with E-state index in [-0.39, 0.29) is 54.9 Å². The summed E-state index contributed by atoms with van der Waals surface area (Å²) in [6.45, 7) is 1.03. The number of rotatable bonds is 29. The summed E-state index contributed by atoms with van der Waals surface area (Å²) < 4.78 is 24.5. The molecular weight excluding hydrogens is 1400 g/mol. The van der Waals surface area contributed by atoms with Gasteiger partial charge in [-0.2, -0.15) is 0 Å². The fourth-order valence-electron chi connectivity index (χ4n) is 11.6. The highest BCUT2D eigenvalue weighted by molar-refractivity contribution is 7.99. The molecule has 1 aliphatic rings. The molecule has 0 aliphatic carbocycles. The molecule has 13 rings (SSSR count). The van der Waals surface area contributed by atoms with E-state index >= 15 is 0 Å². The lowest BCUT2D eigenvalue weighted by Gasteiger charge is -2.36. The Balaban J connectivity index is 0.000000174. The van der Waals surface area contributed by atoms with Crippen LogP contribution in [0.4, 0.5) is 27.8 Å². The number of aromatic nitrogens is 5. The van der Waals surface area contributed by atoms with Gasteiger partial charge in [-0.05, 0) is 101 Å². The SMILES string of the molecule is Nc1ccccc1CC(=O)c1ccc(CNC(=O)OCc2cccnc2)cc1.Nc1ccccc1CC(=O)c1ccc(CNc2nccc(-c3cccnc3)n2)cc1.O=C(CCCCCCC(=O)Nc1ccc(C2OC(CSc3nc(-c4ccccc4)c(-c4ccccc4)o3)CC(c3ccc(O)cc3)O2)cc1)NO. The maximum absolute atomic E-state index is 12.5. The number of thioether (sulfide) groups is 1. The van der Waals surface area contributed by atoms with Gasteiger partial charge in [0.15, 0.2) is 23.6 Å². The highest BCUT2D eigenvalue weighted by atomic mass is 32.2. The number of alkyl carbamates (subject to hydrolysis) is 1. The number of anilines is 4. The highest BCUT2D eigenvalue weighted by Crippen LogP contribution is 2.42. The molecule has 4 aromatic heterocycles. The predicted octanol–water partition coefficient (Wildman–Crippen LogP) is 16.5. The maximum Gasteiger partial charge on any atom is 0.407 e. The van der Waals surface area contributed by atoms with Crippen LogP contribution in [-0.4, -0.2) is 76.6 Å². The number of phenols is 1. The summed E-state index contributed by atoms with van der Waals surface area (Å²) in [5, 5.41) is 27.9. The molecule has 23 heteroatoms. The number of nitrogens with zero attached hydrogens (tertiary/aromatic N) is 5. The number of phenolic OH excluding ortho intramolecular Hbond substituents is 1. The predicted molar refractivity (Wildman–Crippen MR) is 419 cm³/mol. The number of oxazole rings is 1. The molecule has 554 valence electrons. The van der Waals surface area contributed by atoms with Crippen molar-refractivity contribution in [1.82, 2.24) is 35.7 Å². The fraction of sp³-hybridized carbons (Fsp3) is 0.186. The van der Waals surface area contributed by atoms with E-state index in [1.54, 1.807) is 72.9 Å². The van der Waals surface area contributed by atoms with Gasteiger partial charge in [0.05, 0.1) is 17.9 Å². The smallest absolute Gasteiger partial charge is 0.407 e. The molecule has 3 atom stereocenters. The molecule has 8 aromatic carbocycles. The molecule has 0 bridgehead atoms. The van der Waals surface area contributed by atoms with Gasteiger partial charge in [-0.25, -0.2) is 25.2 Å². The first-order valence-corrected chi connectivity index (χ1v) is 36.6. The average Bonchev–Trinajstić information content (AvgIpc) is 1.17. The lowest BCUT2D eigenvalue weighted by atomic mass is 10.0. The topological polar surface area (TPSA) is 331 Å². The van der Waals surface area contributed by atoms with Crippen molar-refractivity contribution in [3.8, 4) is 39.6 Å². The Morgan fingerprint density at radius 1 is 0.541 bits per heavy atom. The summed E-state index contributed by atoms with van der Waals surface area (Å²) in [5.74, 6) is 1.57. The zero-order chi connectivity index (χ0) is 75.9. The van der Waals surface area contributed by atoms with Gasteiger partial charge >= 0.3 is 6.09 Å². The monoisotopic (exact) mass is 1480 g/mol. The van der Waals surface area contributed by atoms with Gasteiger partial charge in [0.25, 0.3) is 5.22 Å². The third-order valence-corrected chi connectivity index (χ3v) is 18.5. The van der Waals surface area contributed by atoms with Crippen LogP contribution >= 0.6 is 11.8 Å². The molecule has 109 heavy (non-hydrogen) atoms. The fourth-order valence-corrected chi connectivity index (χ4v) is 12.5. The summed E-state index contributed by atoms with van der Waals surface area (Å²) in [4.78, 5) is 82.2. The molecular formula is C86H83N11O11S. The van der Waals surface area contributed by atoms with Gasteiger partial charge < -0.3 is 51.2 Å². The first-order chi connectivity index (χ1) is 53.2. The molecule has 5 heterocycles. The number of hydrogen-bond acceptors (Lipinski definition) is 20. The quantitative estimate of drug-likeness (QED) is 0.00539. The molecule has 3 unspecified atom stereocenters. The third kappa shape index (κ3) is 23.9. The number of Topliss-reactive ketones (excluding diaryl/α,β-unsaturated/α-hetero) is 2. The number of aromatic hydroxyl groups is 1. The van der Waals surface area contributed by atoms with Crippen molar-refractivity contribution in [2.45, 2.75) is 101 Å². The molecule has 0 spiro atoms. The highest BCUT2D eigenvalue weighted by Gasteiger charge is 2.33. The van der Waals surface area contributed by atoms with Crippen molar-refractivity contribution >= 4 is 64.2 Å². The molecule has 0 radical (unpaired) electrons. The number of hydroxylamine groups is 1. The number of ketones is 2. The lowest BCUT2D eigenvalue weighted by Crippen LogP contribution is -2.31. The second-order valence-electron chi connectivity index (χ2n) is 25.5. The molecule has 0 saturated carbocycles. The molecule has 10 N–H and O–H groups in total. The van der Waals surface area contributed by atoms with Gasteiger partial charge in [0, 0.05) is 138 Å². The van der Waals surface area contributed by atoms with Crippen LogP contribution in [0.1, 0.15) is 117 Å². The summed E-state index contributed by atoms with van der Waals surface area (Å²) in [6, 6.07) is 73.2. The van der Waals surface area contributed by atoms with Crippen molar-refractivity contribution in [2.24, 2.45) is 0 Å². The first-order valence-electron chi connectivity index (χ1n) is 35.6. The maximum atomic E-state index is 12.5. The Bertz CT molecular complexity index is 4840. The minimum absolute atomic E-state index is 0.00621. The largest absolute Gasteiger partial charge is 0.508 e. The number of nitrogens with one attached hydrogen (secondary N) is 4. The number of unbranched alkanes of at least 4 members (excludes halogenated alkanes) is 3. The van der Waals surface area contributed by atoms with Crippen LogP contribution in [0.3, 0.4) is 0 Å². The zero-order valence-electron chi connectivity index (χ0n) is 59.7. The Hall–Kier alpha value is -12.7. The van der Waals surface area contributed by atoms with Crippen LogP contribution in [0.25, 0.3) is 33.8 Å². The van der Waals surface area contributed by atoms with Crippen molar-refractivity contribution < 1.29 is 52.9 Å². The van der Waals surface area contributed by atoms with E-state index in [9.17, 15) is 29.1 Å². The van der Waals surface area contributed by atoms with Gasteiger partial charge in [0.2, 0.25) is 17.8 Å². The first kappa shape index (κ1) is 77.4. The van der Waals surface area contributed by atoms with E-state index in [0.717, 1.165) is 79.9 Å². The summed E-state index contributed by atoms with van der Waals surface area (Å²) >= 11 is 1.50. The van der Waals surface area contributed by atoms with Gasteiger partial charge in [-0.1, -0.05) is 201 Å². The normalized spacial score (nSPS) is 13.6. The molecule has 22 nitrogen and oxygen atoms in total. The van der Waals surface area contributed by atoms with Crippen LogP contribution in [0, 0.1) is 0 Å². The van der Waals surface area contributed by atoms with Crippen molar-refractivity contribution in [1.29, 1.82) is 0 Å². The van der Waals surface area contributed by atoms with Crippen LogP contribution < -0.4 is 32.9 Å². The van der Waals surface area contributed by atoms with Crippen LogP contribution in [0.5, 0.6) is 5.75 Å². The van der Waals surface area contributed by atoms with Gasteiger partial charge in [0.1, 0.15) is 18.1 Å². The Kier molecular flexibility index (Phi) is 28.5. The number of carbonyl (C=O) groups excluding carboxylic acids is 5. The molecule has 3 amide bonds. The van der Waals surface area contributed by atoms with E-state index in [1.165, 1.54) is 11.8 Å². The second kappa shape index (κ2) is 40.2. The Morgan fingerprint density at radius 2 is 1.12 bits per heavy atom. The number of para-hydroxylation sites is 2. The van der Waals surface area contributed by atoms with Crippen molar-refractivity contribution in [3.63, 3.8) is 0 Å². The standard InChI is InChI=1S/C40H41N3O7S.C24H21N5O.C22H21N3O3/c44-32-23-19-27(20-24-32)34-25-33(26-51-40-42-37(28-11-5-3-6-12-28)38(50-40)29-13-7-4-8-14-29)48-39(49-34)30-17-21-31(22-18-30)41-35(45)15-9-1-2-10-16-36(46)43-47;25-21-6-2-1-4-19(21)14-23(30)18-9-7-17(8-10-18)15-28-24-27-13-11-22(29-24)20-5-3-12-26-16-20;23-20-6-2-1-5-19(20)12-21(26)18-9-7-16(8-10-18)14-25-22(27)28-15-17-4-3-11-24-13-17/h3-8,11-14,17-24,33-34,39,44,47H,1-2,9-10,15-16,25-26H2,(H,41,45)(H,43,46);1-13,16H,14-15,25H2,(H,27,28,29);1-11,13H,12,14-15,23H2,(H,25,27). The number of nitrogens with two attached hydrogens (primary N) is 2. The van der Waals surface area contributed by atoms with E-state index in [4.69, 9.17) is 40.3 Å². The number of pyridine rings is 2. The van der Waals surface area contributed by atoms with Crippen LogP contribution in [0.15, 0.2) is 277 Å². The van der Waals surface area contributed by atoms with E-state index in [2.05, 4.69) is 35.9 Å². The lowest BCUT2D eigenvalue weighted by molar-refractivity contribution is -0.245. The minimum atomic E-state index is -0.662. The summed E-state index contributed by atoms with van der Waals surface area (Å²) in [7, 11) is 0. The van der Waals surface area contributed by atoms with Crippen LogP contribution in [-0.2, 0) is 56.3 Å². The molecule has 1 fully saturated rings. The summed E-state index contributed by atoms with van der Waals surface area (Å²) in [5.41, 5.74) is 27.2. The van der Waals surface area contributed by atoms with Crippen molar-refractivity contribution in [2.75, 3.05) is 27.9 Å². The van der Waals surface area contributed by atoms with Crippen molar-refractivity contribution in [3.05, 3.63) is 318 Å². The number of ether oxygens (including phenoxy) is 3. The number of hydrogen-bond donors (Lipinski definition) is 8. The zero-order valence-corrected chi connectivity index (χ0v) is 60.5. The number of benzene rings is 8. The van der Waals surface area contributed by atoms with E-state index < -0.39 is 18.3 Å². The molecule has 1 saturated heterocycles. The summed E-state index contributed by atoms with van der Waals surface area (Å²) in [6.07, 6.45) is 11.6. The van der Waals surface area contributed by atoms with E-state index in [1.807, 2.05) is 200 Å². The van der Waals surface area contributed by atoms with Gasteiger partial charge in [-0.15, -0.1) is 0 Å². The second-order valence-corrected chi connectivity index (χ2v) is 26.5.